The van der Waals surface area contributed by atoms with Gasteiger partial charge >= 0.3 is 0 Å². The van der Waals surface area contributed by atoms with E-state index in [9.17, 15) is 13.6 Å². The Balaban J connectivity index is 2.15. The molecule has 1 atom stereocenters. The lowest BCUT2D eigenvalue weighted by atomic mass is 9.75. The van der Waals surface area contributed by atoms with Gasteiger partial charge in [-0.2, -0.15) is 0 Å². The van der Waals surface area contributed by atoms with Crippen molar-refractivity contribution in [2.24, 2.45) is 11.7 Å². The Morgan fingerprint density at radius 3 is 2.55 bits per heavy atom. The minimum absolute atomic E-state index is 0.0570. The Bertz CT molecular complexity index is 493. The smallest absolute Gasteiger partial charge is 0.269 e. The molecule has 0 saturated heterocycles. The van der Waals surface area contributed by atoms with Gasteiger partial charge in [0.15, 0.2) is 0 Å². The van der Waals surface area contributed by atoms with Gasteiger partial charge < -0.3 is 10.7 Å². The molecular formula is C15H22F2N2O. The number of nitrogens with two attached hydrogens (primary N) is 1. The van der Waals surface area contributed by atoms with Crippen LogP contribution in [0.5, 0.6) is 0 Å². The monoisotopic (exact) mass is 284 g/mol. The van der Waals surface area contributed by atoms with Crippen LogP contribution in [0.25, 0.3) is 0 Å². The summed E-state index contributed by atoms with van der Waals surface area (Å²) in [6.07, 6.45) is 3.27. The van der Waals surface area contributed by atoms with Crippen molar-refractivity contribution in [2.75, 3.05) is 0 Å². The number of pyridine rings is 1. The summed E-state index contributed by atoms with van der Waals surface area (Å²) in [4.78, 5) is 13.9. The van der Waals surface area contributed by atoms with Gasteiger partial charge in [0.2, 0.25) is 0 Å². The van der Waals surface area contributed by atoms with E-state index in [4.69, 9.17) is 5.73 Å². The zero-order valence-electron chi connectivity index (χ0n) is 11.7. The number of halogens is 2. The number of nitrogens with one attached hydrogen (secondary N) is 1. The normalized spacial score (nSPS) is 24.9. The number of H-pyrrole nitrogens is 1. The fourth-order valence-corrected chi connectivity index (χ4v) is 3.28. The molecule has 0 aliphatic heterocycles. The quantitative estimate of drug-likeness (QED) is 0.891. The second-order valence-corrected chi connectivity index (χ2v) is 5.66. The predicted octanol–water partition coefficient (Wildman–Crippen LogP) is 3.32. The highest BCUT2D eigenvalue weighted by Crippen LogP contribution is 2.39. The molecule has 2 rings (SSSR count). The van der Waals surface area contributed by atoms with Crippen molar-refractivity contribution in [1.29, 1.82) is 0 Å². The number of alkyl halides is 2. The van der Waals surface area contributed by atoms with Crippen molar-refractivity contribution in [3.63, 3.8) is 0 Å². The van der Waals surface area contributed by atoms with E-state index in [2.05, 4.69) is 11.9 Å². The van der Waals surface area contributed by atoms with Crippen LogP contribution in [0.15, 0.2) is 17.1 Å². The molecule has 5 heteroatoms. The summed E-state index contributed by atoms with van der Waals surface area (Å²) in [5.41, 5.74) is 5.57. The summed E-state index contributed by atoms with van der Waals surface area (Å²) in [5, 5.41) is 0. The van der Waals surface area contributed by atoms with E-state index in [1.807, 2.05) is 0 Å². The van der Waals surface area contributed by atoms with Crippen LogP contribution < -0.4 is 11.3 Å². The lowest BCUT2D eigenvalue weighted by Crippen LogP contribution is -2.32. The minimum Gasteiger partial charge on any atom is -0.329 e. The van der Waals surface area contributed by atoms with Crippen LogP contribution in [0, 0.1) is 5.92 Å². The van der Waals surface area contributed by atoms with Crippen LogP contribution in [0.1, 0.15) is 62.5 Å². The van der Waals surface area contributed by atoms with Crippen LogP contribution in [-0.2, 0) is 0 Å². The number of rotatable bonds is 4. The van der Waals surface area contributed by atoms with Gasteiger partial charge in [0.25, 0.3) is 12.0 Å². The molecule has 1 aromatic heterocycles. The van der Waals surface area contributed by atoms with Crippen LogP contribution in [0.3, 0.4) is 0 Å². The fraction of sp³-hybridized carbons (Fsp3) is 0.667. The van der Waals surface area contributed by atoms with E-state index in [-0.39, 0.29) is 17.5 Å². The summed E-state index contributed by atoms with van der Waals surface area (Å²) in [6, 6.07) is 1.83. The average Bonchev–Trinajstić information content (AvgIpc) is 2.46. The van der Waals surface area contributed by atoms with Crippen molar-refractivity contribution in [1.82, 2.24) is 4.98 Å². The number of aromatic amines is 1. The first-order valence-corrected chi connectivity index (χ1v) is 7.29. The topological polar surface area (TPSA) is 58.9 Å². The molecule has 1 unspecified atom stereocenters. The standard InChI is InChI=1S/C15H22F2N2O/c1-2-12(18)10-5-3-9(4-6-10)11-7-8-19-15(20)13(11)14(16)17/h7-10,12,14H,2-6,18H2,1H3,(H,19,20). The van der Waals surface area contributed by atoms with Gasteiger partial charge in [-0.3, -0.25) is 4.79 Å². The zero-order valence-corrected chi connectivity index (χ0v) is 11.7. The van der Waals surface area contributed by atoms with Crippen molar-refractivity contribution in [2.45, 2.75) is 57.4 Å². The predicted molar refractivity (Wildman–Crippen MR) is 75.0 cm³/mol. The SMILES string of the molecule is CCC(N)C1CCC(c2cc[nH]c(=O)c2C(F)F)CC1. The van der Waals surface area contributed by atoms with E-state index < -0.39 is 12.0 Å². The van der Waals surface area contributed by atoms with E-state index in [1.165, 1.54) is 6.20 Å². The molecule has 0 amide bonds. The second-order valence-electron chi connectivity index (χ2n) is 5.66. The van der Waals surface area contributed by atoms with Crippen molar-refractivity contribution >= 4 is 0 Å². The summed E-state index contributed by atoms with van der Waals surface area (Å²) in [5.74, 6) is 0.537. The Hall–Kier alpha value is -1.23. The fourth-order valence-electron chi connectivity index (χ4n) is 3.28. The first-order chi connectivity index (χ1) is 9.54. The van der Waals surface area contributed by atoms with Crippen molar-refractivity contribution in [3.05, 3.63) is 33.7 Å². The number of aromatic nitrogens is 1. The van der Waals surface area contributed by atoms with Crippen LogP contribution in [0.2, 0.25) is 0 Å². The molecule has 0 spiro atoms. The summed E-state index contributed by atoms with van der Waals surface area (Å²) in [6.45, 7) is 2.07. The molecule has 1 aliphatic rings. The summed E-state index contributed by atoms with van der Waals surface area (Å²) < 4.78 is 26.1. The Kier molecular flexibility index (Phi) is 4.91. The highest BCUT2D eigenvalue weighted by Gasteiger charge is 2.29. The van der Waals surface area contributed by atoms with Gasteiger partial charge in [-0.1, -0.05) is 6.92 Å². The van der Waals surface area contributed by atoms with E-state index in [0.29, 0.717) is 11.5 Å². The molecule has 1 saturated carbocycles. The number of hydrogen-bond donors (Lipinski definition) is 2. The Morgan fingerprint density at radius 1 is 1.35 bits per heavy atom. The van der Waals surface area contributed by atoms with Gasteiger partial charge in [0, 0.05) is 12.2 Å². The largest absolute Gasteiger partial charge is 0.329 e. The van der Waals surface area contributed by atoms with Crippen LogP contribution >= 0.6 is 0 Å². The highest BCUT2D eigenvalue weighted by molar-refractivity contribution is 5.28. The first kappa shape index (κ1) is 15.2. The average molecular weight is 284 g/mol. The molecule has 1 heterocycles. The number of hydrogen-bond acceptors (Lipinski definition) is 2. The first-order valence-electron chi connectivity index (χ1n) is 7.29. The third-order valence-corrected chi connectivity index (χ3v) is 4.54. The highest BCUT2D eigenvalue weighted by atomic mass is 19.3. The molecule has 0 bridgehead atoms. The molecule has 1 aromatic rings. The maximum atomic E-state index is 13.1. The van der Waals surface area contributed by atoms with E-state index in [1.54, 1.807) is 6.07 Å². The molecule has 112 valence electrons. The van der Waals surface area contributed by atoms with Crippen molar-refractivity contribution in [3.8, 4) is 0 Å². The summed E-state index contributed by atoms with van der Waals surface area (Å²) in [7, 11) is 0. The second kappa shape index (κ2) is 6.48. The summed E-state index contributed by atoms with van der Waals surface area (Å²) >= 11 is 0. The molecule has 3 nitrogen and oxygen atoms in total. The Labute approximate surface area is 117 Å². The third kappa shape index (κ3) is 3.08. The van der Waals surface area contributed by atoms with Gasteiger partial charge in [-0.05, 0) is 55.6 Å². The molecule has 20 heavy (non-hydrogen) atoms. The molecule has 1 aliphatic carbocycles. The molecule has 1 fully saturated rings. The van der Waals surface area contributed by atoms with Crippen LogP contribution in [0.4, 0.5) is 8.78 Å². The van der Waals surface area contributed by atoms with Gasteiger partial charge in [-0.15, -0.1) is 0 Å². The van der Waals surface area contributed by atoms with Gasteiger partial charge in [0.1, 0.15) is 0 Å². The Morgan fingerprint density at radius 2 is 2.00 bits per heavy atom. The van der Waals surface area contributed by atoms with Gasteiger partial charge in [-0.25, -0.2) is 8.78 Å². The zero-order chi connectivity index (χ0) is 14.7. The van der Waals surface area contributed by atoms with Crippen molar-refractivity contribution < 1.29 is 8.78 Å². The minimum atomic E-state index is -2.72. The maximum absolute atomic E-state index is 13.1. The van der Waals surface area contributed by atoms with E-state index >= 15 is 0 Å². The van der Waals surface area contributed by atoms with Gasteiger partial charge in [0.05, 0.1) is 5.56 Å². The lowest BCUT2D eigenvalue weighted by molar-refractivity contribution is 0.146. The van der Waals surface area contributed by atoms with E-state index in [0.717, 1.165) is 32.1 Å². The van der Waals surface area contributed by atoms with Crippen LogP contribution in [-0.4, -0.2) is 11.0 Å². The lowest BCUT2D eigenvalue weighted by Gasteiger charge is -2.32. The molecule has 3 N–H and O–H groups in total. The maximum Gasteiger partial charge on any atom is 0.269 e. The molecular weight excluding hydrogens is 262 g/mol. The third-order valence-electron chi connectivity index (χ3n) is 4.54. The molecule has 0 aromatic carbocycles. The molecule has 0 radical (unpaired) electrons.